The molecular weight excluding hydrogens is 362 g/mol. The second-order valence-electron chi connectivity index (χ2n) is 6.10. The van der Waals surface area contributed by atoms with Crippen LogP contribution >= 0.6 is 11.8 Å². The molecule has 0 fully saturated rings. The zero-order chi connectivity index (χ0) is 19.2. The molecule has 0 bridgehead atoms. The molecule has 1 amide bonds. The van der Waals surface area contributed by atoms with Crippen molar-refractivity contribution in [1.82, 2.24) is 25.3 Å². The predicted molar refractivity (Wildman–Crippen MR) is 105 cm³/mol. The summed E-state index contributed by atoms with van der Waals surface area (Å²) < 4.78 is 6.93. The predicted octanol–water partition coefficient (Wildman–Crippen LogP) is 2.95. The number of amides is 1. The fraction of sp³-hybridized carbons (Fsp3) is 0.263. The molecule has 1 N–H and O–H groups in total. The Morgan fingerprint density at radius 3 is 2.56 bits per heavy atom. The molecule has 3 aromatic rings. The summed E-state index contributed by atoms with van der Waals surface area (Å²) in [5.74, 6) is 1.70. The Labute approximate surface area is 162 Å². The third-order valence-electron chi connectivity index (χ3n) is 3.67. The van der Waals surface area contributed by atoms with Gasteiger partial charge in [0.25, 0.3) is 0 Å². The summed E-state index contributed by atoms with van der Waals surface area (Å²) in [7, 11) is 1.64. The number of thioether (sulfide) groups is 1. The van der Waals surface area contributed by atoms with E-state index in [0.717, 1.165) is 17.0 Å². The van der Waals surface area contributed by atoms with Gasteiger partial charge in [0.15, 0.2) is 5.82 Å². The van der Waals surface area contributed by atoms with E-state index in [1.807, 2.05) is 56.3 Å². The summed E-state index contributed by atoms with van der Waals surface area (Å²) in [6.45, 7) is 3.86. The lowest BCUT2D eigenvalue weighted by atomic mass is 10.1. The minimum Gasteiger partial charge on any atom is -0.497 e. The lowest BCUT2D eigenvalue weighted by Gasteiger charge is -2.09. The highest BCUT2D eigenvalue weighted by molar-refractivity contribution is 7.99. The number of ether oxygens (including phenoxy) is 1. The summed E-state index contributed by atoms with van der Waals surface area (Å²) in [4.78, 5) is 11.7. The zero-order valence-electron chi connectivity index (χ0n) is 15.4. The minimum absolute atomic E-state index is 0.0188. The van der Waals surface area contributed by atoms with Crippen molar-refractivity contribution in [2.75, 3.05) is 12.9 Å². The first-order valence-corrected chi connectivity index (χ1v) is 9.50. The molecule has 1 aromatic carbocycles. The van der Waals surface area contributed by atoms with Gasteiger partial charge in [0.1, 0.15) is 10.8 Å². The Kier molecular flexibility index (Phi) is 6.08. The van der Waals surface area contributed by atoms with Gasteiger partial charge < -0.3 is 10.1 Å². The monoisotopic (exact) mass is 383 g/mol. The number of rotatable bonds is 7. The smallest absolute Gasteiger partial charge is 0.230 e. The van der Waals surface area contributed by atoms with E-state index >= 15 is 0 Å². The average Bonchev–Trinajstić information content (AvgIpc) is 3.16. The summed E-state index contributed by atoms with van der Waals surface area (Å²) in [5, 5.41) is 16.3. The zero-order valence-corrected chi connectivity index (χ0v) is 16.2. The van der Waals surface area contributed by atoms with E-state index in [1.54, 1.807) is 18.0 Å². The second-order valence-corrected chi connectivity index (χ2v) is 7.09. The van der Waals surface area contributed by atoms with Crippen LogP contribution in [-0.2, 0) is 4.79 Å². The largest absolute Gasteiger partial charge is 0.497 e. The number of benzene rings is 1. The number of carbonyl (C=O) groups excluding carboxylic acids is 1. The van der Waals surface area contributed by atoms with Crippen molar-refractivity contribution in [3.8, 4) is 22.8 Å². The first-order valence-electron chi connectivity index (χ1n) is 8.51. The van der Waals surface area contributed by atoms with Crippen LogP contribution in [0.3, 0.4) is 0 Å². The number of hydrogen-bond acceptors (Lipinski definition) is 6. The van der Waals surface area contributed by atoms with Crippen LogP contribution in [0.5, 0.6) is 5.75 Å². The topological polar surface area (TPSA) is 81.9 Å². The molecule has 0 saturated heterocycles. The molecule has 0 saturated carbocycles. The van der Waals surface area contributed by atoms with E-state index < -0.39 is 0 Å². The van der Waals surface area contributed by atoms with Crippen LogP contribution in [0.2, 0.25) is 0 Å². The van der Waals surface area contributed by atoms with Crippen LogP contribution in [-0.4, -0.2) is 44.8 Å². The number of carbonyl (C=O) groups is 1. The highest BCUT2D eigenvalue weighted by atomic mass is 32.2. The second kappa shape index (κ2) is 8.68. The standard InChI is InChI=1S/C19H21N5O2S/c1-13(2)21-18(25)12-27-19-9-8-17(22-23-19)24-16(10-11-20-24)14-4-6-15(26-3)7-5-14/h4-11,13H,12H2,1-3H3,(H,21,25). The normalized spacial score (nSPS) is 10.8. The van der Waals surface area contributed by atoms with Crippen molar-refractivity contribution >= 4 is 17.7 Å². The lowest BCUT2D eigenvalue weighted by Crippen LogP contribution is -2.31. The maximum absolute atomic E-state index is 11.7. The Bertz CT molecular complexity index is 891. The lowest BCUT2D eigenvalue weighted by molar-refractivity contribution is -0.119. The third kappa shape index (κ3) is 4.85. The van der Waals surface area contributed by atoms with Crippen LogP contribution in [0.15, 0.2) is 53.7 Å². The number of aromatic nitrogens is 4. The van der Waals surface area contributed by atoms with E-state index in [9.17, 15) is 4.79 Å². The summed E-state index contributed by atoms with van der Waals surface area (Å²) in [6, 6.07) is 13.5. The minimum atomic E-state index is -0.0188. The molecule has 0 spiro atoms. The van der Waals surface area contributed by atoms with E-state index in [0.29, 0.717) is 16.6 Å². The number of hydrogen-bond donors (Lipinski definition) is 1. The molecule has 0 radical (unpaired) electrons. The van der Waals surface area contributed by atoms with Gasteiger partial charge in [-0.15, -0.1) is 10.2 Å². The van der Waals surface area contributed by atoms with Crippen molar-refractivity contribution in [3.63, 3.8) is 0 Å². The molecule has 0 aliphatic heterocycles. The van der Waals surface area contributed by atoms with Crippen LogP contribution in [0.1, 0.15) is 13.8 Å². The van der Waals surface area contributed by atoms with Crippen molar-refractivity contribution in [1.29, 1.82) is 0 Å². The van der Waals surface area contributed by atoms with Gasteiger partial charge in [-0.25, -0.2) is 4.68 Å². The molecule has 0 unspecified atom stereocenters. The summed E-state index contributed by atoms with van der Waals surface area (Å²) in [6.07, 6.45) is 1.72. The van der Waals surface area contributed by atoms with Crippen molar-refractivity contribution in [2.45, 2.75) is 24.9 Å². The molecule has 7 nitrogen and oxygen atoms in total. The quantitative estimate of drug-likeness (QED) is 0.632. The van der Waals surface area contributed by atoms with Crippen LogP contribution in [0.25, 0.3) is 17.1 Å². The Morgan fingerprint density at radius 1 is 1.15 bits per heavy atom. The first-order chi connectivity index (χ1) is 13.1. The van der Waals surface area contributed by atoms with Crippen LogP contribution in [0, 0.1) is 0 Å². The highest BCUT2D eigenvalue weighted by Gasteiger charge is 2.10. The van der Waals surface area contributed by atoms with Gasteiger partial charge in [0, 0.05) is 11.6 Å². The molecule has 0 atom stereocenters. The van der Waals surface area contributed by atoms with Crippen molar-refractivity contribution in [2.24, 2.45) is 0 Å². The fourth-order valence-corrected chi connectivity index (χ4v) is 3.10. The number of nitrogens with zero attached hydrogens (tertiary/aromatic N) is 4. The van der Waals surface area contributed by atoms with Gasteiger partial charge in [-0.2, -0.15) is 5.10 Å². The van der Waals surface area contributed by atoms with Gasteiger partial charge >= 0.3 is 0 Å². The first kappa shape index (κ1) is 18.9. The van der Waals surface area contributed by atoms with Crippen LogP contribution < -0.4 is 10.1 Å². The van der Waals surface area contributed by atoms with Gasteiger partial charge in [0.2, 0.25) is 5.91 Å². The summed E-state index contributed by atoms with van der Waals surface area (Å²) in [5.41, 5.74) is 1.91. The molecule has 27 heavy (non-hydrogen) atoms. The number of nitrogens with one attached hydrogen (secondary N) is 1. The van der Waals surface area contributed by atoms with Crippen molar-refractivity contribution < 1.29 is 9.53 Å². The van der Waals surface area contributed by atoms with E-state index in [4.69, 9.17) is 4.74 Å². The SMILES string of the molecule is COc1ccc(-c2ccnn2-c2ccc(SCC(=O)NC(C)C)nn2)cc1. The Hall–Kier alpha value is -2.87. The molecule has 2 aromatic heterocycles. The molecule has 0 aliphatic rings. The summed E-state index contributed by atoms with van der Waals surface area (Å²) >= 11 is 1.35. The molecule has 2 heterocycles. The molecule has 3 rings (SSSR count). The van der Waals surface area contributed by atoms with Crippen molar-refractivity contribution in [3.05, 3.63) is 48.7 Å². The Balaban J connectivity index is 1.72. The molecule has 140 valence electrons. The Morgan fingerprint density at radius 2 is 1.93 bits per heavy atom. The molecule has 0 aliphatic carbocycles. The highest BCUT2D eigenvalue weighted by Crippen LogP contribution is 2.24. The average molecular weight is 383 g/mol. The van der Waals surface area contributed by atoms with Crippen LogP contribution in [0.4, 0.5) is 0 Å². The fourth-order valence-electron chi connectivity index (χ4n) is 2.47. The molecule has 8 heteroatoms. The van der Waals surface area contributed by atoms with E-state index in [-0.39, 0.29) is 11.9 Å². The molecular formula is C19H21N5O2S. The van der Waals surface area contributed by atoms with E-state index in [2.05, 4.69) is 20.6 Å². The number of methoxy groups -OCH3 is 1. The maximum Gasteiger partial charge on any atom is 0.230 e. The van der Waals surface area contributed by atoms with Gasteiger partial charge in [-0.3, -0.25) is 4.79 Å². The third-order valence-corrected chi connectivity index (χ3v) is 4.59. The van der Waals surface area contributed by atoms with E-state index in [1.165, 1.54) is 11.8 Å². The maximum atomic E-state index is 11.7. The van der Waals surface area contributed by atoms with Gasteiger partial charge in [-0.05, 0) is 56.3 Å². The van der Waals surface area contributed by atoms with Gasteiger partial charge in [-0.1, -0.05) is 11.8 Å². The van der Waals surface area contributed by atoms with Gasteiger partial charge in [0.05, 0.1) is 24.8 Å².